The quantitative estimate of drug-likeness (QED) is 0.706. The Morgan fingerprint density at radius 1 is 1.15 bits per heavy atom. The SMILES string of the molecule is CCCNC(CCC1CC1)C1(OC)CCC(C)(C)CC1. The van der Waals surface area contributed by atoms with Crippen molar-refractivity contribution in [2.24, 2.45) is 11.3 Å². The number of hydrogen-bond donors (Lipinski definition) is 1. The highest BCUT2D eigenvalue weighted by molar-refractivity contribution is 4.99. The summed E-state index contributed by atoms with van der Waals surface area (Å²) in [5.74, 6) is 1.02. The third-order valence-electron chi connectivity index (χ3n) is 5.69. The first-order valence-electron chi connectivity index (χ1n) is 8.80. The molecule has 0 heterocycles. The molecule has 2 aliphatic rings. The summed E-state index contributed by atoms with van der Waals surface area (Å²) in [6.07, 6.45) is 11.9. The van der Waals surface area contributed by atoms with Crippen LogP contribution in [-0.4, -0.2) is 25.3 Å². The van der Waals surface area contributed by atoms with Gasteiger partial charge in [0.15, 0.2) is 0 Å². The van der Waals surface area contributed by atoms with Gasteiger partial charge in [0.2, 0.25) is 0 Å². The van der Waals surface area contributed by atoms with Crippen LogP contribution in [0.2, 0.25) is 0 Å². The molecule has 0 aromatic rings. The van der Waals surface area contributed by atoms with Gasteiger partial charge in [0.25, 0.3) is 0 Å². The summed E-state index contributed by atoms with van der Waals surface area (Å²) in [7, 11) is 1.94. The van der Waals surface area contributed by atoms with Gasteiger partial charge in [-0.25, -0.2) is 0 Å². The highest BCUT2D eigenvalue weighted by atomic mass is 16.5. The Balaban J connectivity index is 1.98. The zero-order valence-electron chi connectivity index (χ0n) is 14.1. The molecular formula is C18H35NO. The van der Waals surface area contributed by atoms with E-state index in [1.807, 2.05) is 7.11 Å². The van der Waals surface area contributed by atoms with Gasteiger partial charge in [-0.1, -0.05) is 33.6 Å². The van der Waals surface area contributed by atoms with Crippen LogP contribution in [0.3, 0.4) is 0 Å². The van der Waals surface area contributed by atoms with Crippen molar-refractivity contribution in [3.63, 3.8) is 0 Å². The lowest BCUT2D eigenvalue weighted by Gasteiger charge is -2.47. The van der Waals surface area contributed by atoms with Crippen LogP contribution in [0.4, 0.5) is 0 Å². The number of methoxy groups -OCH3 is 1. The Morgan fingerprint density at radius 2 is 1.80 bits per heavy atom. The fraction of sp³-hybridized carbons (Fsp3) is 1.00. The average molecular weight is 281 g/mol. The van der Waals surface area contributed by atoms with E-state index in [-0.39, 0.29) is 5.60 Å². The van der Waals surface area contributed by atoms with Crippen molar-refractivity contribution in [1.29, 1.82) is 0 Å². The number of nitrogens with one attached hydrogen (secondary N) is 1. The van der Waals surface area contributed by atoms with E-state index in [4.69, 9.17) is 4.74 Å². The fourth-order valence-corrected chi connectivity index (χ4v) is 3.72. The summed E-state index contributed by atoms with van der Waals surface area (Å²) in [5.41, 5.74) is 0.605. The second-order valence-corrected chi connectivity index (χ2v) is 7.96. The van der Waals surface area contributed by atoms with Gasteiger partial charge in [-0.2, -0.15) is 0 Å². The average Bonchev–Trinajstić information content (AvgIpc) is 3.24. The molecule has 0 aliphatic heterocycles. The van der Waals surface area contributed by atoms with Gasteiger partial charge in [0.05, 0.1) is 5.60 Å². The van der Waals surface area contributed by atoms with E-state index in [0.29, 0.717) is 11.5 Å². The monoisotopic (exact) mass is 281 g/mol. The minimum absolute atomic E-state index is 0.0968. The Bertz CT molecular complexity index is 286. The van der Waals surface area contributed by atoms with Crippen molar-refractivity contribution in [3.05, 3.63) is 0 Å². The molecule has 0 aromatic heterocycles. The summed E-state index contributed by atoms with van der Waals surface area (Å²) in [5, 5.41) is 3.82. The second-order valence-electron chi connectivity index (χ2n) is 7.96. The zero-order chi connectivity index (χ0) is 14.6. The Kier molecular flexibility index (Phi) is 5.53. The van der Waals surface area contributed by atoms with Crippen LogP contribution in [-0.2, 0) is 4.74 Å². The van der Waals surface area contributed by atoms with E-state index in [9.17, 15) is 0 Å². The van der Waals surface area contributed by atoms with Crippen molar-refractivity contribution in [2.75, 3.05) is 13.7 Å². The molecule has 0 bridgehead atoms. The topological polar surface area (TPSA) is 21.3 Å². The van der Waals surface area contributed by atoms with Crippen molar-refractivity contribution in [3.8, 4) is 0 Å². The van der Waals surface area contributed by atoms with E-state index < -0.39 is 0 Å². The molecule has 2 nitrogen and oxygen atoms in total. The highest BCUT2D eigenvalue weighted by Crippen LogP contribution is 2.45. The maximum Gasteiger partial charge on any atom is 0.0831 e. The van der Waals surface area contributed by atoms with Crippen LogP contribution >= 0.6 is 0 Å². The van der Waals surface area contributed by atoms with Crippen LogP contribution in [0, 0.1) is 11.3 Å². The number of ether oxygens (including phenoxy) is 1. The lowest BCUT2D eigenvalue weighted by molar-refractivity contribution is -0.0883. The van der Waals surface area contributed by atoms with Crippen LogP contribution in [0.25, 0.3) is 0 Å². The molecule has 2 rings (SSSR count). The lowest BCUT2D eigenvalue weighted by Crippen LogP contribution is -2.55. The summed E-state index contributed by atoms with van der Waals surface area (Å²) >= 11 is 0. The van der Waals surface area contributed by atoms with E-state index in [2.05, 4.69) is 26.1 Å². The Hall–Kier alpha value is -0.0800. The first kappa shape index (κ1) is 16.3. The molecule has 1 N–H and O–H groups in total. The van der Waals surface area contributed by atoms with Gasteiger partial charge in [-0.15, -0.1) is 0 Å². The molecule has 20 heavy (non-hydrogen) atoms. The molecular weight excluding hydrogens is 246 g/mol. The summed E-state index contributed by atoms with van der Waals surface area (Å²) < 4.78 is 6.12. The van der Waals surface area contributed by atoms with Crippen LogP contribution in [0.5, 0.6) is 0 Å². The number of rotatable bonds is 8. The van der Waals surface area contributed by atoms with Crippen molar-refractivity contribution in [1.82, 2.24) is 5.32 Å². The molecule has 1 unspecified atom stereocenters. The highest BCUT2D eigenvalue weighted by Gasteiger charge is 2.44. The normalized spacial score (nSPS) is 26.4. The molecule has 0 saturated heterocycles. The molecule has 2 heteroatoms. The molecule has 0 aromatic carbocycles. The van der Waals surface area contributed by atoms with Gasteiger partial charge < -0.3 is 10.1 Å². The standard InChI is InChI=1S/C18H35NO/c1-5-14-19-16(9-8-15-6-7-15)18(20-4)12-10-17(2,3)11-13-18/h15-16,19H,5-14H2,1-4H3. The second kappa shape index (κ2) is 6.79. The molecule has 2 aliphatic carbocycles. The minimum Gasteiger partial charge on any atom is -0.377 e. The van der Waals surface area contributed by atoms with Gasteiger partial charge in [0, 0.05) is 13.2 Å². The molecule has 0 amide bonds. The van der Waals surface area contributed by atoms with Crippen molar-refractivity contribution >= 4 is 0 Å². The summed E-state index contributed by atoms with van der Waals surface area (Å²) in [4.78, 5) is 0. The van der Waals surface area contributed by atoms with Crippen LogP contribution in [0.1, 0.15) is 78.6 Å². The van der Waals surface area contributed by atoms with Gasteiger partial charge in [-0.3, -0.25) is 0 Å². The lowest BCUT2D eigenvalue weighted by atomic mass is 9.67. The van der Waals surface area contributed by atoms with Crippen molar-refractivity contribution < 1.29 is 4.74 Å². The summed E-state index contributed by atoms with van der Waals surface area (Å²) in [6, 6.07) is 0.559. The largest absolute Gasteiger partial charge is 0.377 e. The molecule has 1 atom stereocenters. The van der Waals surface area contributed by atoms with Gasteiger partial charge in [-0.05, 0) is 62.8 Å². The van der Waals surface area contributed by atoms with Gasteiger partial charge >= 0.3 is 0 Å². The molecule has 2 saturated carbocycles. The Labute approximate surface area is 126 Å². The summed E-state index contributed by atoms with van der Waals surface area (Å²) in [6.45, 7) is 8.20. The van der Waals surface area contributed by atoms with Gasteiger partial charge in [0.1, 0.15) is 0 Å². The Morgan fingerprint density at radius 3 is 2.30 bits per heavy atom. The minimum atomic E-state index is 0.0968. The third-order valence-corrected chi connectivity index (χ3v) is 5.69. The maximum atomic E-state index is 6.12. The first-order chi connectivity index (χ1) is 9.51. The zero-order valence-corrected chi connectivity index (χ0v) is 14.1. The van der Waals surface area contributed by atoms with E-state index >= 15 is 0 Å². The molecule has 0 radical (unpaired) electrons. The van der Waals surface area contributed by atoms with Crippen LogP contribution in [0.15, 0.2) is 0 Å². The van der Waals surface area contributed by atoms with Crippen LogP contribution < -0.4 is 5.32 Å². The van der Waals surface area contributed by atoms with E-state index in [1.165, 1.54) is 57.8 Å². The smallest absolute Gasteiger partial charge is 0.0831 e. The first-order valence-corrected chi connectivity index (χ1v) is 8.80. The maximum absolute atomic E-state index is 6.12. The number of hydrogen-bond acceptors (Lipinski definition) is 2. The molecule has 0 spiro atoms. The molecule has 2 fully saturated rings. The van der Waals surface area contributed by atoms with Crippen molar-refractivity contribution in [2.45, 2.75) is 90.2 Å². The predicted octanol–water partition coefficient (Wildman–Crippen LogP) is 4.53. The van der Waals surface area contributed by atoms with E-state index in [1.54, 1.807) is 0 Å². The third kappa shape index (κ3) is 4.21. The molecule has 118 valence electrons. The van der Waals surface area contributed by atoms with E-state index in [0.717, 1.165) is 12.5 Å². The fourth-order valence-electron chi connectivity index (χ4n) is 3.72. The predicted molar refractivity (Wildman–Crippen MR) is 86.0 cm³/mol.